The van der Waals surface area contributed by atoms with E-state index < -0.39 is 16.0 Å². The topological polar surface area (TPSA) is 46.2 Å². The smallest absolute Gasteiger partial charge is 0.235 e. The molecular weight excluding hydrogens is 258 g/mol. The summed E-state index contributed by atoms with van der Waals surface area (Å²) in [5.74, 6) is 0.263. The lowest BCUT2D eigenvalue weighted by atomic mass is 10.1. The minimum atomic E-state index is -1.20. The molecule has 4 heteroatoms. The molecule has 0 fully saturated rings. The van der Waals surface area contributed by atoms with E-state index in [1.807, 2.05) is 52.0 Å². The minimum absolute atomic E-state index is 0.154. The van der Waals surface area contributed by atoms with Crippen LogP contribution in [0, 0.1) is 6.92 Å². The van der Waals surface area contributed by atoms with E-state index in [2.05, 4.69) is 5.32 Å². The van der Waals surface area contributed by atoms with Gasteiger partial charge in [-0.05, 0) is 40.2 Å². The van der Waals surface area contributed by atoms with Crippen molar-refractivity contribution in [3.8, 4) is 0 Å². The van der Waals surface area contributed by atoms with E-state index in [-0.39, 0.29) is 11.4 Å². The number of carbonyl (C=O) groups excluding carboxylic acids is 1. The van der Waals surface area contributed by atoms with Crippen LogP contribution in [0.2, 0.25) is 0 Å². The molecule has 0 bridgehead atoms. The lowest BCUT2D eigenvalue weighted by Gasteiger charge is -2.23. The predicted octanol–water partition coefficient (Wildman–Crippen LogP) is 2.55. The molecule has 1 N–H and O–H groups in total. The third kappa shape index (κ3) is 5.55. The lowest BCUT2D eigenvalue weighted by molar-refractivity contribution is -0.121. The third-order valence-corrected chi connectivity index (χ3v) is 4.27. The predicted molar refractivity (Wildman–Crippen MR) is 80.4 cm³/mol. The van der Waals surface area contributed by atoms with Gasteiger partial charge < -0.3 is 5.32 Å². The van der Waals surface area contributed by atoms with E-state index in [4.69, 9.17) is 0 Å². The summed E-state index contributed by atoms with van der Waals surface area (Å²) < 4.78 is 12.2. The second-order valence-electron chi connectivity index (χ2n) is 5.90. The molecule has 3 nitrogen and oxygen atoms in total. The summed E-state index contributed by atoms with van der Waals surface area (Å²) in [5, 5.41) is 2.36. The Kier molecular flexibility index (Phi) is 5.29. The Morgan fingerprint density at radius 2 is 2.00 bits per heavy atom. The van der Waals surface area contributed by atoms with Crippen LogP contribution in [-0.2, 0) is 21.3 Å². The Morgan fingerprint density at radius 1 is 1.37 bits per heavy atom. The van der Waals surface area contributed by atoms with Crippen LogP contribution in [0.25, 0.3) is 0 Å². The molecule has 0 spiro atoms. The van der Waals surface area contributed by atoms with Crippen molar-refractivity contribution >= 4 is 16.7 Å². The molecule has 0 radical (unpaired) electrons. The van der Waals surface area contributed by atoms with Crippen LogP contribution in [0.1, 0.15) is 38.8 Å². The highest BCUT2D eigenvalue weighted by Crippen LogP contribution is 2.11. The molecule has 19 heavy (non-hydrogen) atoms. The molecule has 0 aliphatic carbocycles. The van der Waals surface area contributed by atoms with Crippen LogP contribution in [0.15, 0.2) is 24.3 Å². The largest absolute Gasteiger partial charge is 0.350 e. The van der Waals surface area contributed by atoms with Crippen molar-refractivity contribution in [1.82, 2.24) is 5.32 Å². The van der Waals surface area contributed by atoms with Crippen LogP contribution in [-0.4, -0.2) is 20.9 Å². The zero-order chi connectivity index (χ0) is 14.6. The molecule has 1 amide bonds. The third-order valence-electron chi connectivity index (χ3n) is 2.65. The number of hydrogen-bond acceptors (Lipinski definition) is 2. The zero-order valence-electron chi connectivity index (χ0n) is 12.3. The van der Waals surface area contributed by atoms with Gasteiger partial charge in [0.05, 0.1) is 0 Å². The summed E-state index contributed by atoms with van der Waals surface area (Å²) in [6.07, 6.45) is 0. The summed E-state index contributed by atoms with van der Waals surface area (Å²) in [6, 6.07) is 7.90. The standard InChI is InChI=1S/C15H23NO2S/c1-11-7-6-8-13(9-11)10-19(18)12(2)14(17)16-15(3,4)5/h6-9,12H,10H2,1-5H3,(H,16,17)/t12-,19+/m1/s1. The first kappa shape index (κ1) is 15.9. The highest BCUT2D eigenvalue weighted by Gasteiger charge is 2.23. The van der Waals surface area contributed by atoms with E-state index in [0.717, 1.165) is 11.1 Å². The van der Waals surface area contributed by atoms with E-state index in [1.54, 1.807) is 6.92 Å². The van der Waals surface area contributed by atoms with E-state index in [1.165, 1.54) is 0 Å². The molecule has 0 heterocycles. The van der Waals surface area contributed by atoms with Gasteiger partial charge in [-0.1, -0.05) is 29.8 Å². The second kappa shape index (κ2) is 6.33. The number of carbonyl (C=O) groups is 1. The molecule has 0 unspecified atom stereocenters. The quantitative estimate of drug-likeness (QED) is 0.922. The number of hydrogen-bond donors (Lipinski definition) is 1. The van der Waals surface area contributed by atoms with Crippen LogP contribution >= 0.6 is 0 Å². The fraction of sp³-hybridized carbons (Fsp3) is 0.533. The van der Waals surface area contributed by atoms with Gasteiger partial charge in [-0.25, -0.2) is 0 Å². The minimum Gasteiger partial charge on any atom is -0.350 e. The van der Waals surface area contributed by atoms with Gasteiger partial charge in [-0.15, -0.1) is 0 Å². The van der Waals surface area contributed by atoms with Crippen molar-refractivity contribution in [2.24, 2.45) is 0 Å². The first-order valence-corrected chi connectivity index (χ1v) is 7.82. The van der Waals surface area contributed by atoms with E-state index in [9.17, 15) is 9.00 Å². The summed E-state index contributed by atoms with van der Waals surface area (Å²) in [4.78, 5) is 12.0. The maximum Gasteiger partial charge on any atom is 0.235 e. The Labute approximate surface area is 118 Å². The van der Waals surface area contributed by atoms with Gasteiger partial charge in [0.15, 0.2) is 0 Å². The number of aryl methyl sites for hydroxylation is 1. The average molecular weight is 281 g/mol. The van der Waals surface area contributed by atoms with Crippen molar-refractivity contribution in [3.63, 3.8) is 0 Å². The highest BCUT2D eigenvalue weighted by molar-refractivity contribution is 7.85. The SMILES string of the molecule is Cc1cccc(C[S@](=O)[C@H](C)C(=O)NC(C)(C)C)c1. The van der Waals surface area contributed by atoms with Gasteiger partial charge >= 0.3 is 0 Å². The van der Waals surface area contributed by atoms with E-state index >= 15 is 0 Å². The summed E-state index contributed by atoms with van der Waals surface area (Å²) >= 11 is 0. The van der Waals surface area contributed by atoms with Crippen LogP contribution in [0.4, 0.5) is 0 Å². The molecule has 1 aromatic carbocycles. The van der Waals surface area contributed by atoms with Gasteiger partial charge in [0.25, 0.3) is 0 Å². The Bertz CT molecular complexity index is 477. The molecule has 2 atom stereocenters. The highest BCUT2D eigenvalue weighted by atomic mass is 32.2. The summed E-state index contributed by atoms with van der Waals surface area (Å²) in [6.45, 7) is 9.47. The molecule has 0 saturated heterocycles. The van der Waals surface area contributed by atoms with Crippen molar-refractivity contribution in [2.45, 2.75) is 51.2 Å². The molecule has 0 aliphatic rings. The first-order chi connectivity index (χ1) is 8.69. The number of nitrogens with one attached hydrogen (secondary N) is 1. The number of amides is 1. The normalized spacial score (nSPS) is 14.8. The van der Waals surface area contributed by atoms with E-state index in [0.29, 0.717) is 5.75 Å². The summed E-state index contributed by atoms with van der Waals surface area (Å²) in [7, 11) is -1.20. The second-order valence-corrected chi connectivity index (χ2v) is 7.65. The molecule has 106 valence electrons. The Balaban J connectivity index is 2.65. The molecule has 0 saturated carbocycles. The van der Waals surface area contributed by atoms with Crippen molar-refractivity contribution in [1.29, 1.82) is 0 Å². The summed E-state index contributed by atoms with van der Waals surface area (Å²) in [5.41, 5.74) is 1.86. The fourth-order valence-electron chi connectivity index (χ4n) is 1.68. The molecule has 1 aromatic rings. The molecule has 0 aromatic heterocycles. The Hall–Kier alpha value is -1.16. The fourth-order valence-corrected chi connectivity index (χ4v) is 2.74. The number of benzene rings is 1. The number of rotatable bonds is 4. The van der Waals surface area contributed by atoms with Crippen molar-refractivity contribution < 1.29 is 9.00 Å². The van der Waals surface area contributed by atoms with Gasteiger partial charge in [0, 0.05) is 22.1 Å². The van der Waals surface area contributed by atoms with Crippen LogP contribution in [0.5, 0.6) is 0 Å². The van der Waals surface area contributed by atoms with Crippen molar-refractivity contribution in [3.05, 3.63) is 35.4 Å². The van der Waals surface area contributed by atoms with Gasteiger partial charge in [-0.3, -0.25) is 9.00 Å². The van der Waals surface area contributed by atoms with Crippen molar-refractivity contribution in [2.75, 3.05) is 0 Å². The van der Waals surface area contributed by atoms with Gasteiger partial charge in [0.2, 0.25) is 5.91 Å². The molecule has 0 aliphatic heterocycles. The zero-order valence-corrected chi connectivity index (χ0v) is 13.1. The molecular formula is C15H23NO2S. The maximum absolute atomic E-state index is 12.2. The molecule has 1 rings (SSSR count). The monoisotopic (exact) mass is 281 g/mol. The Morgan fingerprint density at radius 3 is 2.53 bits per heavy atom. The average Bonchev–Trinajstić information content (AvgIpc) is 2.25. The lowest BCUT2D eigenvalue weighted by Crippen LogP contribution is -2.46. The van der Waals surface area contributed by atoms with Crippen LogP contribution < -0.4 is 5.32 Å². The van der Waals surface area contributed by atoms with Gasteiger partial charge in [0.1, 0.15) is 5.25 Å². The first-order valence-electron chi connectivity index (χ1n) is 6.44. The maximum atomic E-state index is 12.2. The van der Waals surface area contributed by atoms with Gasteiger partial charge in [-0.2, -0.15) is 0 Å². The van der Waals surface area contributed by atoms with Crippen LogP contribution in [0.3, 0.4) is 0 Å².